The Hall–Kier alpha value is -1.86. The molecule has 0 spiro atoms. The second kappa shape index (κ2) is 8.34. The number of carbonyl (C=O) groups excluding carboxylic acids is 1. The predicted molar refractivity (Wildman–Crippen MR) is 78.1 cm³/mol. The molecule has 0 aliphatic rings. The van der Waals surface area contributed by atoms with Crippen molar-refractivity contribution in [3.63, 3.8) is 0 Å². The van der Waals surface area contributed by atoms with Crippen molar-refractivity contribution in [1.82, 2.24) is 4.90 Å². The quantitative estimate of drug-likeness (QED) is 0.717. The Morgan fingerprint density at radius 3 is 2.50 bits per heavy atom. The highest BCUT2D eigenvalue weighted by molar-refractivity contribution is 5.78. The van der Waals surface area contributed by atoms with Gasteiger partial charge in [-0.1, -0.05) is 37.3 Å². The zero-order valence-corrected chi connectivity index (χ0v) is 12.4. The van der Waals surface area contributed by atoms with Gasteiger partial charge >= 0.3 is 5.97 Å². The van der Waals surface area contributed by atoms with E-state index in [1.54, 1.807) is 0 Å². The van der Waals surface area contributed by atoms with Crippen molar-refractivity contribution in [3.8, 4) is 6.07 Å². The van der Waals surface area contributed by atoms with Gasteiger partial charge in [-0.2, -0.15) is 5.26 Å². The lowest BCUT2D eigenvalue weighted by atomic mass is 9.98. The highest BCUT2D eigenvalue weighted by atomic mass is 16.5. The first-order chi connectivity index (χ1) is 9.62. The molecule has 0 bridgehead atoms. The number of carbonyl (C=O) groups is 1. The van der Waals surface area contributed by atoms with Crippen molar-refractivity contribution in [1.29, 1.82) is 5.26 Å². The first-order valence-electron chi connectivity index (χ1n) is 6.87. The average Bonchev–Trinajstić information content (AvgIpc) is 2.51. The molecule has 0 amide bonds. The maximum absolute atomic E-state index is 12.0. The SMILES string of the molecule is CCN(CC(C)C#N)CC(C(=O)OC)c1ccccc1. The van der Waals surface area contributed by atoms with Crippen LogP contribution in [0.4, 0.5) is 0 Å². The van der Waals surface area contributed by atoms with E-state index < -0.39 is 0 Å². The minimum Gasteiger partial charge on any atom is -0.469 e. The fourth-order valence-electron chi connectivity index (χ4n) is 2.16. The molecule has 4 nitrogen and oxygen atoms in total. The number of ether oxygens (including phenoxy) is 1. The molecule has 1 aromatic rings. The second-order valence-electron chi connectivity index (χ2n) is 4.87. The highest BCUT2D eigenvalue weighted by Gasteiger charge is 2.24. The van der Waals surface area contributed by atoms with Crippen LogP contribution in [0.3, 0.4) is 0 Å². The first-order valence-corrected chi connectivity index (χ1v) is 6.87. The van der Waals surface area contributed by atoms with Gasteiger partial charge in [0, 0.05) is 13.1 Å². The standard InChI is InChI=1S/C16H22N2O2/c1-4-18(11-13(2)10-17)12-15(16(19)20-3)14-8-6-5-7-9-14/h5-9,13,15H,4,11-12H2,1-3H3. The number of hydrogen-bond acceptors (Lipinski definition) is 4. The summed E-state index contributed by atoms with van der Waals surface area (Å²) in [5, 5.41) is 8.92. The lowest BCUT2D eigenvalue weighted by molar-refractivity contribution is -0.143. The van der Waals surface area contributed by atoms with Gasteiger partial charge in [-0.25, -0.2) is 0 Å². The maximum atomic E-state index is 12.0. The van der Waals surface area contributed by atoms with E-state index in [0.29, 0.717) is 13.1 Å². The number of hydrogen-bond donors (Lipinski definition) is 0. The molecule has 0 saturated carbocycles. The Morgan fingerprint density at radius 2 is 2.00 bits per heavy atom. The number of nitriles is 1. The average molecular weight is 274 g/mol. The fraction of sp³-hybridized carbons (Fsp3) is 0.500. The fourth-order valence-corrected chi connectivity index (χ4v) is 2.16. The summed E-state index contributed by atoms with van der Waals surface area (Å²) in [6.45, 7) is 5.95. The molecule has 20 heavy (non-hydrogen) atoms. The van der Waals surface area contributed by atoms with Crippen molar-refractivity contribution in [2.75, 3.05) is 26.7 Å². The molecular weight excluding hydrogens is 252 g/mol. The van der Waals surface area contributed by atoms with Gasteiger partial charge in [-0.3, -0.25) is 4.79 Å². The van der Waals surface area contributed by atoms with Crippen molar-refractivity contribution < 1.29 is 9.53 Å². The first kappa shape index (κ1) is 16.2. The summed E-state index contributed by atoms with van der Waals surface area (Å²) in [7, 11) is 1.41. The maximum Gasteiger partial charge on any atom is 0.314 e. The Labute approximate surface area is 121 Å². The molecule has 0 N–H and O–H groups in total. The van der Waals surface area contributed by atoms with Crippen LogP contribution in [0.5, 0.6) is 0 Å². The van der Waals surface area contributed by atoms with Gasteiger partial charge in [0.1, 0.15) is 0 Å². The number of benzene rings is 1. The molecule has 0 aliphatic heterocycles. The van der Waals surface area contributed by atoms with Gasteiger partial charge in [0.15, 0.2) is 0 Å². The Morgan fingerprint density at radius 1 is 1.35 bits per heavy atom. The Balaban J connectivity index is 2.84. The number of esters is 1. The largest absolute Gasteiger partial charge is 0.469 e. The number of nitrogens with zero attached hydrogens (tertiary/aromatic N) is 2. The van der Waals surface area contributed by atoms with Crippen LogP contribution in [0.1, 0.15) is 25.3 Å². The van der Waals surface area contributed by atoms with Crippen LogP contribution in [-0.4, -0.2) is 37.6 Å². The summed E-state index contributed by atoms with van der Waals surface area (Å²) in [6.07, 6.45) is 0. The van der Waals surface area contributed by atoms with Crippen molar-refractivity contribution >= 4 is 5.97 Å². The number of rotatable bonds is 7. The summed E-state index contributed by atoms with van der Waals surface area (Å²) in [4.78, 5) is 14.1. The molecule has 0 aliphatic carbocycles. The van der Waals surface area contributed by atoms with Crippen molar-refractivity contribution in [2.24, 2.45) is 5.92 Å². The van der Waals surface area contributed by atoms with E-state index in [0.717, 1.165) is 12.1 Å². The molecule has 2 atom stereocenters. The summed E-state index contributed by atoms with van der Waals surface area (Å²) < 4.78 is 4.91. The molecule has 1 rings (SSSR count). The smallest absolute Gasteiger partial charge is 0.314 e. The molecule has 2 unspecified atom stereocenters. The molecule has 0 aromatic heterocycles. The molecule has 0 saturated heterocycles. The zero-order chi connectivity index (χ0) is 15.0. The lowest BCUT2D eigenvalue weighted by Crippen LogP contribution is -2.35. The van der Waals surface area contributed by atoms with E-state index in [-0.39, 0.29) is 17.8 Å². The lowest BCUT2D eigenvalue weighted by Gasteiger charge is -2.26. The molecule has 108 valence electrons. The Bertz CT molecular complexity index is 453. The van der Waals surface area contributed by atoms with Crippen LogP contribution >= 0.6 is 0 Å². The van der Waals surface area contributed by atoms with E-state index in [2.05, 4.69) is 11.0 Å². The topological polar surface area (TPSA) is 53.3 Å². The zero-order valence-electron chi connectivity index (χ0n) is 12.4. The van der Waals surface area contributed by atoms with Gasteiger partial charge in [0.25, 0.3) is 0 Å². The monoisotopic (exact) mass is 274 g/mol. The molecule has 0 heterocycles. The van der Waals surface area contributed by atoms with Crippen LogP contribution < -0.4 is 0 Å². The number of likely N-dealkylation sites (N-methyl/N-ethyl adjacent to an activating group) is 1. The van der Waals surface area contributed by atoms with Crippen LogP contribution in [0.2, 0.25) is 0 Å². The third-order valence-corrected chi connectivity index (χ3v) is 3.33. The van der Waals surface area contributed by atoms with E-state index in [1.807, 2.05) is 44.2 Å². The van der Waals surface area contributed by atoms with E-state index >= 15 is 0 Å². The normalized spacial score (nSPS) is 13.6. The third-order valence-electron chi connectivity index (χ3n) is 3.33. The number of methoxy groups -OCH3 is 1. The minimum atomic E-state index is -0.313. The molecule has 0 fully saturated rings. The summed E-state index contributed by atoms with van der Waals surface area (Å²) >= 11 is 0. The highest BCUT2D eigenvalue weighted by Crippen LogP contribution is 2.19. The second-order valence-corrected chi connectivity index (χ2v) is 4.87. The van der Waals surface area contributed by atoms with Gasteiger partial charge in [0.05, 0.1) is 25.0 Å². The summed E-state index contributed by atoms with van der Waals surface area (Å²) in [5.74, 6) is -0.602. The van der Waals surface area contributed by atoms with E-state index in [4.69, 9.17) is 10.00 Å². The van der Waals surface area contributed by atoms with Crippen LogP contribution in [-0.2, 0) is 9.53 Å². The minimum absolute atomic E-state index is 0.0518. The van der Waals surface area contributed by atoms with Gasteiger partial charge < -0.3 is 9.64 Å². The summed E-state index contributed by atoms with van der Waals surface area (Å²) in [5.41, 5.74) is 0.947. The predicted octanol–water partition coefficient (Wildman–Crippen LogP) is 2.42. The molecule has 1 aromatic carbocycles. The van der Waals surface area contributed by atoms with Gasteiger partial charge in [0.2, 0.25) is 0 Å². The third kappa shape index (κ3) is 4.67. The Kier molecular flexibility index (Phi) is 6.75. The van der Waals surface area contributed by atoms with Crippen molar-refractivity contribution in [2.45, 2.75) is 19.8 Å². The van der Waals surface area contributed by atoms with E-state index in [1.165, 1.54) is 7.11 Å². The van der Waals surface area contributed by atoms with Gasteiger partial charge in [-0.15, -0.1) is 0 Å². The molecular formula is C16H22N2O2. The van der Waals surface area contributed by atoms with E-state index in [9.17, 15) is 4.79 Å². The summed E-state index contributed by atoms with van der Waals surface area (Å²) in [6, 6.07) is 11.9. The van der Waals surface area contributed by atoms with Crippen molar-refractivity contribution in [3.05, 3.63) is 35.9 Å². The molecule has 0 radical (unpaired) electrons. The van der Waals surface area contributed by atoms with Crippen LogP contribution in [0.25, 0.3) is 0 Å². The van der Waals surface area contributed by atoms with Crippen LogP contribution in [0, 0.1) is 17.2 Å². The van der Waals surface area contributed by atoms with Crippen LogP contribution in [0.15, 0.2) is 30.3 Å². The van der Waals surface area contributed by atoms with Gasteiger partial charge in [-0.05, 0) is 19.0 Å². The molecule has 4 heteroatoms.